The lowest BCUT2D eigenvalue weighted by atomic mass is 10.2. The number of carbonyl (C=O) groups is 2. The molecule has 126 valence electrons. The van der Waals surface area contributed by atoms with E-state index in [1.54, 1.807) is 6.92 Å². The van der Waals surface area contributed by atoms with E-state index in [-0.39, 0.29) is 32.2 Å². The fourth-order valence-electron chi connectivity index (χ4n) is 2.33. The summed E-state index contributed by atoms with van der Waals surface area (Å²) in [5.41, 5.74) is 0.891. The van der Waals surface area contributed by atoms with E-state index in [0.29, 0.717) is 6.61 Å². The summed E-state index contributed by atoms with van der Waals surface area (Å²) in [6, 6.07) is 8.84. The van der Waals surface area contributed by atoms with Crippen molar-refractivity contribution in [3.8, 4) is 0 Å². The summed E-state index contributed by atoms with van der Waals surface area (Å²) in [4.78, 5) is 25.0. The highest BCUT2D eigenvalue weighted by atomic mass is 16.6. The van der Waals surface area contributed by atoms with Crippen LogP contribution < -0.4 is 5.32 Å². The number of likely N-dealkylation sites (tertiary alicyclic amines) is 1. The van der Waals surface area contributed by atoms with Gasteiger partial charge in [0.25, 0.3) is 0 Å². The highest BCUT2D eigenvalue weighted by molar-refractivity contribution is 5.78. The molecule has 0 aromatic heterocycles. The Morgan fingerprint density at radius 2 is 2.04 bits per heavy atom. The first kappa shape index (κ1) is 17.2. The molecule has 0 aliphatic carbocycles. The van der Waals surface area contributed by atoms with Gasteiger partial charge in [0.05, 0.1) is 18.7 Å². The third kappa shape index (κ3) is 5.22. The van der Waals surface area contributed by atoms with Crippen LogP contribution in [-0.4, -0.2) is 60.5 Å². The van der Waals surface area contributed by atoms with Crippen LogP contribution in [0.3, 0.4) is 0 Å². The fourth-order valence-corrected chi connectivity index (χ4v) is 2.33. The third-order valence-corrected chi connectivity index (χ3v) is 3.54. The predicted molar refractivity (Wildman–Crippen MR) is 82.6 cm³/mol. The number of amides is 2. The summed E-state index contributed by atoms with van der Waals surface area (Å²) in [7, 11) is 0. The monoisotopic (exact) mass is 322 g/mol. The van der Waals surface area contributed by atoms with Crippen LogP contribution in [0, 0.1) is 0 Å². The van der Waals surface area contributed by atoms with Gasteiger partial charge in [-0.2, -0.15) is 0 Å². The molecule has 7 nitrogen and oxygen atoms in total. The van der Waals surface area contributed by atoms with E-state index in [4.69, 9.17) is 9.47 Å². The van der Waals surface area contributed by atoms with Gasteiger partial charge >= 0.3 is 6.09 Å². The van der Waals surface area contributed by atoms with Crippen LogP contribution in [0.4, 0.5) is 4.79 Å². The zero-order chi connectivity index (χ0) is 16.7. The number of ether oxygens (including phenoxy) is 2. The Kier molecular flexibility index (Phi) is 6.37. The van der Waals surface area contributed by atoms with Crippen molar-refractivity contribution in [1.82, 2.24) is 10.2 Å². The van der Waals surface area contributed by atoms with Gasteiger partial charge in [0.2, 0.25) is 5.91 Å². The lowest BCUT2D eigenvalue weighted by Gasteiger charge is -2.16. The average molecular weight is 322 g/mol. The molecular weight excluding hydrogens is 300 g/mol. The Bertz CT molecular complexity index is 522. The Hall–Kier alpha value is -2.12. The fraction of sp³-hybridized carbons (Fsp3) is 0.500. The Balaban J connectivity index is 1.78. The number of aliphatic hydroxyl groups is 1. The van der Waals surface area contributed by atoms with Gasteiger partial charge in [0, 0.05) is 13.2 Å². The van der Waals surface area contributed by atoms with Crippen molar-refractivity contribution in [3.05, 3.63) is 35.9 Å². The lowest BCUT2D eigenvalue weighted by Crippen LogP contribution is -2.44. The van der Waals surface area contributed by atoms with Crippen molar-refractivity contribution in [2.24, 2.45) is 0 Å². The minimum atomic E-state index is -0.815. The van der Waals surface area contributed by atoms with E-state index in [9.17, 15) is 14.7 Å². The molecule has 0 radical (unpaired) electrons. The van der Waals surface area contributed by atoms with Crippen molar-refractivity contribution < 1.29 is 24.2 Å². The van der Waals surface area contributed by atoms with Gasteiger partial charge in [-0.1, -0.05) is 30.3 Å². The number of rotatable bonds is 6. The molecular formula is C16H22N2O5. The zero-order valence-corrected chi connectivity index (χ0v) is 13.1. The smallest absolute Gasteiger partial charge is 0.410 e. The van der Waals surface area contributed by atoms with Crippen LogP contribution in [0.25, 0.3) is 0 Å². The van der Waals surface area contributed by atoms with Crippen molar-refractivity contribution in [2.45, 2.75) is 25.7 Å². The van der Waals surface area contributed by atoms with Gasteiger partial charge in [-0.25, -0.2) is 4.79 Å². The second-order valence-electron chi connectivity index (χ2n) is 5.32. The van der Waals surface area contributed by atoms with Crippen LogP contribution in [0.2, 0.25) is 0 Å². The highest BCUT2D eigenvalue weighted by Crippen LogP contribution is 2.13. The number of nitrogens with zero attached hydrogens (tertiary/aromatic N) is 1. The second kappa shape index (κ2) is 8.50. The van der Waals surface area contributed by atoms with E-state index in [2.05, 4.69) is 5.32 Å². The number of aliphatic hydroxyl groups excluding tert-OH is 1. The summed E-state index contributed by atoms with van der Waals surface area (Å²) in [5, 5.41) is 12.6. The second-order valence-corrected chi connectivity index (χ2v) is 5.32. The minimum Gasteiger partial charge on any atom is -0.445 e. The van der Waals surface area contributed by atoms with E-state index in [1.165, 1.54) is 4.90 Å². The molecule has 0 unspecified atom stereocenters. The van der Waals surface area contributed by atoms with E-state index in [1.807, 2.05) is 30.3 Å². The molecule has 1 heterocycles. The van der Waals surface area contributed by atoms with Crippen molar-refractivity contribution in [3.63, 3.8) is 0 Å². The van der Waals surface area contributed by atoms with Crippen LogP contribution in [-0.2, 0) is 20.9 Å². The molecule has 1 aromatic rings. The van der Waals surface area contributed by atoms with E-state index < -0.39 is 18.2 Å². The summed E-state index contributed by atoms with van der Waals surface area (Å²) < 4.78 is 10.2. The van der Waals surface area contributed by atoms with Crippen molar-refractivity contribution >= 4 is 12.0 Å². The summed E-state index contributed by atoms with van der Waals surface area (Å²) >= 11 is 0. The summed E-state index contributed by atoms with van der Waals surface area (Å²) in [6.07, 6.45) is -1.32. The number of carbonyl (C=O) groups excluding carboxylic acids is 2. The number of nitrogens with one attached hydrogen (secondary N) is 1. The molecule has 2 rings (SSSR count). The largest absolute Gasteiger partial charge is 0.445 e. The van der Waals surface area contributed by atoms with Crippen molar-refractivity contribution in [2.75, 3.05) is 26.3 Å². The standard InChI is InChI=1S/C16H22N2O5/c1-2-22-11-15(20)17-13-8-18(9-14(13)19)16(21)23-10-12-6-4-3-5-7-12/h3-7,13-14,19H,2,8-11H2,1H3,(H,17,20)/t13-,14-/m1/s1. The van der Waals surface area contributed by atoms with Crippen LogP contribution in [0.1, 0.15) is 12.5 Å². The molecule has 7 heteroatoms. The summed E-state index contributed by atoms with van der Waals surface area (Å²) in [6.45, 7) is 2.70. The molecule has 0 spiro atoms. The lowest BCUT2D eigenvalue weighted by molar-refractivity contribution is -0.126. The normalized spacial score (nSPS) is 20.3. The van der Waals surface area contributed by atoms with Gasteiger partial charge in [-0.3, -0.25) is 4.79 Å². The number of hydrogen-bond donors (Lipinski definition) is 2. The Morgan fingerprint density at radius 1 is 1.30 bits per heavy atom. The van der Waals surface area contributed by atoms with Crippen LogP contribution >= 0.6 is 0 Å². The first-order valence-electron chi connectivity index (χ1n) is 7.61. The van der Waals surface area contributed by atoms with Gasteiger partial charge < -0.3 is 24.8 Å². The first-order valence-corrected chi connectivity index (χ1v) is 7.61. The zero-order valence-electron chi connectivity index (χ0n) is 13.1. The maximum absolute atomic E-state index is 12.0. The van der Waals surface area contributed by atoms with Crippen LogP contribution in [0.5, 0.6) is 0 Å². The van der Waals surface area contributed by atoms with Gasteiger partial charge in [-0.15, -0.1) is 0 Å². The molecule has 23 heavy (non-hydrogen) atoms. The van der Waals surface area contributed by atoms with Gasteiger partial charge in [-0.05, 0) is 12.5 Å². The molecule has 2 atom stereocenters. The van der Waals surface area contributed by atoms with Gasteiger partial charge in [0.1, 0.15) is 13.2 Å². The molecule has 1 saturated heterocycles. The molecule has 0 saturated carbocycles. The predicted octanol–water partition coefficient (Wildman–Crippen LogP) is 0.521. The van der Waals surface area contributed by atoms with Crippen LogP contribution in [0.15, 0.2) is 30.3 Å². The third-order valence-electron chi connectivity index (χ3n) is 3.54. The number of β-amino-alcohol motifs (C(OH)–C–C–N with tert-alkyl or cyclic N) is 1. The van der Waals surface area contributed by atoms with Gasteiger partial charge in [0.15, 0.2) is 0 Å². The highest BCUT2D eigenvalue weighted by Gasteiger charge is 2.35. The summed E-state index contributed by atoms with van der Waals surface area (Å²) in [5.74, 6) is -0.310. The minimum absolute atomic E-state index is 0.0574. The molecule has 1 fully saturated rings. The molecule has 1 aliphatic rings. The molecule has 2 N–H and O–H groups in total. The molecule has 1 aliphatic heterocycles. The average Bonchev–Trinajstić information content (AvgIpc) is 2.92. The topological polar surface area (TPSA) is 88.1 Å². The van der Waals surface area contributed by atoms with E-state index in [0.717, 1.165) is 5.56 Å². The SMILES string of the molecule is CCOCC(=O)N[C@@H]1CN(C(=O)OCc2ccccc2)C[C@H]1O. The molecule has 2 amide bonds. The van der Waals surface area contributed by atoms with E-state index >= 15 is 0 Å². The molecule has 1 aromatic carbocycles. The van der Waals surface area contributed by atoms with Crippen molar-refractivity contribution in [1.29, 1.82) is 0 Å². The quantitative estimate of drug-likeness (QED) is 0.797. The first-order chi connectivity index (χ1) is 11.1. The molecule has 0 bridgehead atoms. The Morgan fingerprint density at radius 3 is 2.74 bits per heavy atom. The Labute approximate surface area is 135 Å². The number of benzene rings is 1. The maximum atomic E-state index is 12.0. The number of hydrogen-bond acceptors (Lipinski definition) is 5. The maximum Gasteiger partial charge on any atom is 0.410 e.